The molecule has 4 aromatic rings. The molecule has 0 bridgehead atoms. The van der Waals surface area contributed by atoms with Crippen molar-refractivity contribution in [1.29, 1.82) is 0 Å². The van der Waals surface area contributed by atoms with Gasteiger partial charge in [-0.15, -0.1) is 0 Å². The van der Waals surface area contributed by atoms with Crippen molar-refractivity contribution < 1.29 is 9.53 Å². The van der Waals surface area contributed by atoms with Crippen LogP contribution in [-0.4, -0.2) is 45.4 Å². The second-order valence-electron chi connectivity index (χ2n) is 8.87. The van der Waals surface area contributed by atoms with Gasteiger partial charge in [0.2, 0.25) is 5.91 Å². The van der Waals surface area contributed by atoms with Gasteiger partial charge in [0, 0.05) is 35.1 Å². The molecule has 1 atom stereocenters. The average Bonchev–Trinajstić information content (AvgIpc) is 3.32. The number of aromatic nitrogens is 3. The number of benzene rings is 2. The van der Waals surface area contributed by atoms with Crippen molar-refractivity contribution in [2.45, 2.75) is 25.5 Å². The molecule has 0 unspecified atom stereocenters. The summed E-state index contributed by atoms with van der Waals surface area (Å²) in [5.74, 6) is 0.994. The fourth-order valence-corrected chi connectivity index (χ4v) is 4.50. The lowest BCUT2D eigenvalue weighted by atomic mass is 10.2. The molecule has 2 aromatic heterocycles. The van der Waals surface area contributed by atoms with Crippen LogP contribution in [0.2, 0.25) is 5.02 Å². The Morgan fingerprint density at radius 1 is 1.14 bits per heavy atom. The van der Waals surface area contributed by atoms with Crippen LogP contribution in [0.3, 0.4) is 0 Å². The maximum Gasteiger partial charge on any atom is 0.248 e. The first-order valence-electron chi connectivity index (χ1n) is 12.1. The molecule has 1 amide bonds. The van der Waals surface area contributed by atoms with Crippen LogP contribution < -0.4 is 15.4 Å². The van der Waals surface area contributed by atoms with Crippen molar-refractivity contribution >= 4 is 45.6 Å². The van der Waals surface area contributed by atoms with Gasteiger partial charge >= 0.3 is 0 Å². The quantitative estimate of drug-likeness (QED) is 0.296. The van der Waals surface area contributed by atoms with E-state index in [2.05, 4.69) is 37.5 Å². The Hall–Kier alpha value is -4.01. The van der Waals surface area contributed by atoms with Crippen LogP contribution in [0.15, 0.2) is 79.3 Å². The normalized spacial score (nSPS) is 15.8. The molecule has 3 heterocycles. The summed E-state index contributed by atoms with van der Waals surface area (Å²) in [6, 6.07) is 17.0. The zero-order chi connectivity index (χ0) is 25.6. The van der Waals surface area contributed by atoms with Gasteiger partial charge in [-0.1, -0.05) is 23.7 Å². The van der Waals surface area contributed by atoms with Gasteiger partial charge in [0.15, 0.2) is 0 Å². The lowest BCUT2D eigenvalue weighted by molar-refractivity contribution is -0.111. The van der Waals surface area contributed by atoms with E-state index >= 15 is 0 Å². The molecule has 1 aliphatic heterocycles. The molecule has 2 N–H and O–H groups in total. The third-order valence-electron chi connectivity index (χ3n) is 6.25. The van der Waals surface area contributed by atoms with E-state index in [1.165, 1.54) is 6.33 Å². The number of likely N-dealkylation sites (tertiary alicyclic amines) is 1. The summed E-state index contributed by atoms with van der Waals surface area (Å²) in [5, 5.41) is 7.47. The predicted octanol–water partition coefficient (Wildman–Crippen LogP) is 5.59. The zero-order valence-electron chi connectivity index (χ0n) is 20.4. The number of rotatable bonds is 8. The molecule has 5 rings (SSSR count). The second kappa shape index (κ2) is 11.4. The number of nitrogens with one attached hydrogen (secondary N) is 2. The van der Waals surface area contributed by atoms with Crippen molar-refractivity contribution in [3.05, 3.63) is 90.0 Å². The highest BCUT2D eigenvalue weighted by Gasteiger charge is 2.18. The largest absolute Gasteiger partial charge is 0.486 e. The Kier molecular flexibility index (Phi) is 7.58. The Morgan fingerprint density at radius 3 is 2.81 bits per heavy atom. The average molecular weight is 515 g/mol. The van der Waals surface area contributed by atoms with Crippen molar-refractivity contribution in [2.75, 3.05) is 24.2 Å². The fraction of sp³-hybridized carbons (Fsp3) is 0.214. The number of hydrogen-bond acceptors (Lipinski definition) is 7. The van der Waals surface area contributed by atoms with Gasteiger partial charge in [-0.3, -0.25) is 14.7 Å². The number of ether oxygens (including phenoxy) is 1. The van der Waals surface area contributed by atoms with Crippen molar-refractivity contribution in [3.63, 3.8) is 0 Å². The summed E-state index contributed by atoms with van der Waals surface area (Å²) in [6.07, 6.45) is 9.02. The smallest absolute Gasteiger partial charge is 0.248 e. The Labute approximate surface area is 220 Å². The van der Waals surface area contributed by atoms with Gasteiger partial charge in [-0.2, -0.15) is 0 Å². The van der Waals surface area contributed by atoms with Gasteiger partial charge in [0.05, 0.1) is 16.2 Å². The van der Waals surface area contributed by atoms with E-state index in [1.807, 2.05) is 48.5 Å². The number of amides is 1. The molecule has 37 heavy (non-hydrogen) atoms. The molecule has 2 aromatic carbocycles. The Balaban J connectivity index is 1.28. The maximum atomic E-state index is 12.5. The van der Waals surface area contributed by atoms with Crippen LogP contribution in [0.1, 0.15) is 18.5 Å². The molecule has 8 nitrogen and oxygen atoms in total. The monoisotopic (exact) mass is 514 g/mol. The highest BCUT2D eigenvalue weighted by molar-refractivity contribution is 6.32. The van der Waals surface area contributed by atoms with Crippen molar-refractivity contribution in [2.24, 2.45) is 0 Å². The van der Waals surface area contributed by atoms with Gasteiger partial charge in [0.1, 0.15) is 24.5 Å². The first-order valence-corrected chi connectivity index (χ1v) is 12.5. The number of carbonyl (C=O) groups excluding carboxylic acids is 1. The molecular formula is C28H27ClN6O2. The van der Waals surface area contributed by atoms with Gasteiger partial charge in [-0.05, 0) is 75.0 Å². The number of halogens is 1. The second-order valence-corrected chi connectivity index (χ2v) is 9.28. The van der Waals surface area contributed by atoms with Crippen LogP contribution in [0.25, 0.3) is 10.9 Å². The maximum absolute atomic E-state index is 12.5. The molecular weight excluding hydrogens is 488 g/mol. The van der Waals surface area contributed by atoms with Gasteiger partial charge < -0.3 is 15.4 Å². The summed E-state index contributed by atoms with van der Waals surface area (Å²) in [4.78, 5) is 27.8. The van der Waals surface area contributed by atoms with E-state index in [4.69, 9.17) is 16.3 Å². The highest BCUT2D eigenvalue weighted by Crippen LogP contribution is 2.31. The molecule has 188 valence electrons. The molecule has 0 aliphatic carbocycles. The number of likely N-dealkylation sites (N-methyl/N-ethyl adjacent to an activating group) is 1. The lowest BCUT2D eigenvalue weighted by Gasteiger charge is -2.14. The molecule has 0 spiro atoms. The van der Waals surface area contributed by atoms with E-state index in [0.717, 1.165) is 41.7 Å². The number of carbonyl (C=O) groups is 1. The first kappa shape index (κ1) is 24.7. The van der Waals surface area contributed by atoms with Crippen LogP contribution >= 0.6 is 11.6 Å². The third-order valence-corrected chi connectivity index (χ3v) is 6.54. The summed E-state index contributed by atoms with van der Waals surface area (Å²) >= 11 is 6.47. The highest BCUT2D eigenvalue weighted by atomic mass is 35.5. The van der Waals surface area contributed by atoms with Crippen LogP contribution in [-0.2, 0) is 11.4 Å². The van der Waals surface area contributed by atoms with E-state index in [-0.39, 0.29) is 5.91 Å². The minimum atomic E-state index is -0.168. The van der Waals surface area contributed by atoms with Crippen LogP contribution in [0.5, 0.6) is 5.75 Å². The molecule has 0 radical (unpaired) electrons. The molecule has 1 saturated heterocycles. The SMILES string of the molecule is CN1CCC[C@H]1/C=C/C(=O)Nc1ccc2ncnc(Nc3ccc(OCc4ccccn4)c(Cl)c3)c2c1. The minimum Gasteiger partial charge on any atom is -0.486 e. The summed E-state index contributed by atoms with van der Waals surface area (Å²) < 4.78 is 5.81. The number of hydrogen-bond donors (Lipinski definition) is 2. The fourth-order valence-electron chi connectivity index (χ4n) is 4.26. The first-order chi connectivity index (χ1) is 18.0. The van der Waals surface area contributed by atoms with Gasteiger partial charge in [-0.25, -0.2) is 9.97 Å². The summed E-state index contributed by atoms with van der Waals surface area (Å²) in [5.41, 5.74) is 2.97. The minimum absolute atomic E-state index is 0.168. The van der Waals surface area contributed by atoms with E-state index in [0.29, 0.717) is 34.9 Å². The van der Waals surface area contributed by atoms with E-state index in [1.54, 1.807) is 24.4 Å². The topological polar surface area (TPSA) is 92.3 Å². The standard InChI is InChI=1S/C28H27ClN6O2/c1-35-14-4-6-22(35)9-12-27(36)33-19-7-10-25-23(15-19)28(32-18-31-25)34-20-8-11-26(24(29)16-20)37-17-21-5-2-3-13-30-21/h2-3,5,7-13,15-16,18,22H,4,6,14,17H2,1H3,(H,33,36)(H,31,32,34)/b12-9+/t22-/m0/s1. The van der Waals surface area contributed by atoms with Gasteiger partial charge in [0.25, 0.3) is 0 Å². The van der Waals surface area contributed by atoms with Crippen LogP contribution in [0, 0.1) is 0 Å². The zero-order valence-corrected chi connectivity index (χ0v) is 21.2. The third kappa shape index (κ3) is 6.22. The van der Waals surface area contributed by atoms with E-state index < -0.39 is 0 Å². The van der Waals surface area contributed by atoms with Crippen molar-refractivity contribution in [3.8, 4) is 5.75 Å². The summed E-state index contributed by atoms with van der Waals surface area (Å²) in [7, 11) is 2.08. The lowest BCUT2D eigenvalue weighted by Crippen LogP contribution is -2.23. The van der Waals surface area contributed by atoms with Crippen molar-refractivity contribution in [1.82, 2.24) is 19.9 Å². The predicted molar refractivity (Wildman–Crippen MR) is 146 cm³/mol. The number of pyridine rings is 1. The summed E-state index contributed by atoms with van der Waals surface area (Å²) in [6.45, 7) is 1.38. The van der Waals surface area contributed by atoms with Crippen LogP contribution in [0.4, 0.5) is 17.2 Å². The number of anilines is 3. The Morgan fingerprint density at radius 2 is 2.03 bits per heavy atom. The molecule has 9 heteroatoms. The molecule has 1 aliphatic rings. The molecule has 1 fully saturated rings. The number of fused-ring (bicyclic) bond motifs is 1. The molecule has 0 saturated carbocycles. The van der Waals surface area contributed by atoms with E-state index in [9.17, 15) is 4.79 Å². The Bertz CT molecular complexity index is 1430. The number of nitrogens with zero attached hydrogens (tertiary/aromatic N) is 4.